The number of H-pyrrole nitrogens is 1. The second-order valence-electron chi connectivity index (χ2n) is 4.56. The van der Waals surface area contributed by atoms with Gasteiger partial charge < -0.3 is 4.55 Å². The summed E-state index contributed by atoms with van der Waals surface area (Å²) >= 11 is 0. The molecule has 0 aliphatic rings. The van der Waals surface area contributed by atoms with E-state index in [0.29, 0.717) is 0 Å². The van der Waals surface area contributed by atoms with Gasteiger partial charge in [0.1, 0.15) is 0 Å². The van der Waals surface area contributed by atoms with Gasteiger partial charge in [-0.2, -0.15) is 4.28 Å². The molecular weight excluding hydrogens is 332 g/mol. The summed E-state index contributed by atoms with van der Waals surface area (Å²) in [5.41, 5.74) is 1.76. The third-order valence-electron chi connectivity index (χ3n) is 2.86. The summed E-state index contributed by atoms with van der Waals surface area (Å²) in [4.78, 5) is 14.4. The molecule has 0 radical (unpaired) electrons. The van der Waals surface area contributed by atoms with Crippen molar-refractivity contribution in [2.75, 3.05) is 0 Å². The number of aromatic amines is 1. The number of rotatable bonds is 3. The maximum atomic E-state index is 11.5. The Morgan fingerprint density at radius 2 is 1.62 bits per heavy atom. The second-order valence-corrected chi connectivity index (χ2v) is 5.55. The van der Waals surface area contributed by atoms with Crippen molar-refractivity contribution in [3.63, 3.8) is 0 Å². The van der Waals surface area contributed by atoms with E-state index in [4.69, 9.17) is 0 Å². The third-order valence-corrected chi connectivity index (χ3v) is 3.14. The molecule has 0 saturated heterocycles. The van der Waals surface area contributed by atoms with Crippen LogP contribution >= 0.6 is 0 Å². The van der Waals surface area contributed by atoms with E-state index in [1.54, 1.807) is 23.7 Å². The molecule has 0 spiro atoms. The zero-order valence-corrected chi connectivity index (χ0v) is 13.2. The molecule has 1 heterocycles. The maximum Gasteiger partial charge on any atom is 0.275 e. The highest BCUT2D eigenvalue weighted by atomic mass is 32.3. The summed E-state index contributed by atoms with van der Waals surface area (Å²) < 4.78 is 34.2. The van der Waals surface area contributed by atoms with E-state index < -0.39 is 16.3 Å². The fraction of sp³-hybridized carbons (Fsp3) is 0. The molecule has 3 aromatic rings. The lowest BCUT2D eigenvalue weighted by Gasteiger charge is -2.08. The fourth-order valence-electron chi connectivity index (χ4n) is 1.82. The van der Waals surface area contributed by atoms with Gasteiger partial charge in [-0.1, -0.05) is 36.4 Å². The number of benzene rings is 2. The van der Waals surface area contributed by atoms with Gasteiger partial charge in [0.05, 0.1) is 0 Å². The third kappa shape index (κ3) is 5.76. The van der Waals surface area contributed by atoms with E-state index in [1.165, 1.54) is 6.07 Å². The van der Waals surface area contributed by atoms with Crippen LogP contribution in [0, 0.1) is 0 Å². The van der Waals surface area contributed by atoms with Gasteiger partial charge in [-0.3, -0.25) is 4.79 Å². The molecule has 24 heavy (non-hydrogen) atoms. The smallest absolute Gasteiger partial charge is 0.275 e. The molecule has 7 nitrogen and oxygen atoms in total. The molecule has 0 bridgehead atoms. The van der Waals surface area contributed by atoms with Gasteiger partial charge in [0.2, 0.25) is 10.4 Å². The highest BCUT2D eigenvalue weighted by Gasteiger charge is 2.07. The van der Waals surface area contributed by atoms with Crippen LogP contribution in [0.5, 0.6) is 0 Å². The fourth-order valence-corrected chi connectivity index (χ4v) is 2.00. The van der Waals surface area contributed by atoms with Crippen LogP contribution in [-0.2, 0) is 14.7 Å². The van der Waals surface area contributed by atoms with Crippen LogP contribution in [0.15, 0.2) is 73.1 Å². The molecule has 3 rings (SSSR count). The van der Waals surface area contributed by atoms with Gasteiger partial charge in [-0.15, -0.1) is 0 Å². The van der Waals surface area contributed by atoms with Gasteiger partial charge in [-0.25, -0.2) is 18.9 Å². The van der Waals surface area contributed by atoms with Gasteiger partial charge in [0.25, 0.3) is 5.91 Å². The molecule has 0 unspecified atom stereocenters. The number of aromatic nitrogens is 1. The average Bonchev–Trinajstić information content (AvgIpc) is 2.60. The Morgan fingerprint density at radius 3 is 2.17 bits per heavy atom. The first-order chi connectivity index (χ1) is 11.5. The van der Waals surface area contributed by atoms with Gasteiger partial charge >= 0.3 is 0 Å². The Hall–Kier alpha value is -2.81. The Kier molecular flexibility index (Phi) is 5.96. The van der Waals surface area contributed by atoms with Crippen molar-refractivity contribution in [3.8, 4) is 0 Å². The topological polar surface area (TPSA) is 110 Å². The van der Waals surface area contributed by atoms with Crippen LogP contribution in [0.25, 0.3) is 10.8 Å². The zero-order chi connectivity index (χ0) is 17.4. The lowest BCUT2D eigenvalue weighted by Crippen LogP contribution is -2.26. The quantitative estimate of drug-likeness (QED) is 0.439. The first-order valence-corrected chi connectivity index (χ1v) is 8.13. The number of amides is 1. The van der Waals surface area contributed by atoms with Crippen molar-refractivity contribution in [3.05, 3.63) is 78.6 Å². The number of hydrogen-bond donors (Lipinski definition) is 1. The van der Waals surface area contributed by atoms with Gasteiger partial charge in [0.15, 0.2) is 12.4 Å². The summed E-state index contributed by atoms with van der Waals surface area (Å²) in [6.45, 7) is 0. The molecule has 0 fully saturated rings. The van der Waals surface area contributed by atoms with E-state index in [9.17, 15) is 17.8 Å². The Bertz CT molecular complexity index is 887. The van der Waals surface area contributed by atoms with E-state index in [1.807, 2.05) is 48.8 Å². The molecule has 2 N–H and O–H groups in total. The van der Waals surface area contributed by atoms with Crippen molar-refractivity contribution in [2.24, 2.45) is 0 Å². The molecule has 0 aliphatic carbocycles. The lowest BCUT2D eigenvalue weighted by atomic mass is 10.1. The van der Waals surface area contributed by atoms with Gasteiger partial charge in [0, 0.05) is 17.7 Å². The van der Waals surface area contributed by atoms with Crippen LogP contribution in [0.3, 0.4) is 0 Å². The maximum absolute atomic E-state index is 11.5. The first-order valence-electron chi connectivity index (χ1n) is 6.80. The summed E-state index contributed by atoms with van der Waals surface area (Å²) in [6.07, 6.45) is 3.75. The second kappa shape index (κ2) is 8.16. The molecule has 8 heteroatoms. The number of hydrogen-bond acceptors (Lipinski definition) is 5. The molecule has 0 aliphatic heterocycles. The van der Waals surface area contributed by atoms with Crippen LogP contribution in [0.1, 0.15) is 10.4 Å². The minimum absolute atomic E-state index is 0.192. The standard InChI is InChI=1S/C11H9NO5S.C5H5N/c13-11(12-17-18(14,15)16)10-6-5-8-3-1-2-4-9(8)7-10;1-2-4-6-5-3-1/h1-7H,(H,12,13)(H,14,15,16);1-5H. The molecule has 124 valence electrons. The molecule has 2 aromatic carbocycles. The lowest BCUT2D eigenvalue weighted by molar-refractivity contribution is -0.377. The molecule has 0 saturated carbocycles. The number of pyridine rings is 1. The average molecular weight is 346 g/mol. The van der Waals surface area contributed by atoms with Crippen molar-refractivity contribution in [1.82, 2.24) is 5.48 Å². The molecule has 1 aromatic heterocycles. The predicted octanol–water partition coefficient (Wildman–Crippen LogP) is 1.46. The SMILES string of the molecule is O=C(NOS(=O)(=O)[O-])c1ccc2ccccc2c1.c1cc[nH+]cc1. The minimum Gasteiger partial charge on any atom is -0.724 e. The van der Waals surface area contributed by atoms with Crippen molar-refractivity contribution < 1.29 is 27.0 Å². The number of hydroxylamine groups is 1. The van der Waals surface area contributed by atoms with Crippen molar-refractivity contribution in [1.29, 1.82) is 0 Å². The minimum atomic E-state index is -4.95. The number of fused-ring (bicyclic) bond motifs is 1. The van der Waals surface area contributed by atoms with Crippen LogP contribution in [0.2, 0.25) is 0 Å². The highest BCUT2D eigenvalue weighted by molar-refractivity contribution is 7.80. The van der Waals surface area contributed by atoms with E-state index >= 15 is 0 Å². The van der Waals surface area contributed by atoms with Crippen LogP contribution in [0.4, 0.5) is 0 Å². The Balaban J connectivity index is 0.000000292. The number of carbonyl (C=O) groups excluding carboxylic acids is 1. The predicted molar refractivity (Wildman–Crippen MR) is 85.2 cm³/mol. The normalized spacial score (nSPS) is 10.5. The molecule has 0 atom stereocenters. The van der Waals surface area contributed by atoms with Gasteiger partial charge in [-0.05, 0) is 22.9 Å². The highest BCUT2D eigenvalue weighted by Crippen LogP contribution is 2.15. The van der Waals surface area contributed by atoms with E-state index in [2.05, 4.69) is 9.27 Å². The van der Waals surface area contributed by atoms with Crippen molar-refractivity contribution >= 4 is 27.1 Å². The Morgan fingerprint density at radius 1 is 0.958 bits per heavy atom. The monoisotopic (exact) mass is 346 g/mol. The largest absolute Gasteiger partial charge is 0.724 e. The van der Waals surface area contributed by atoms with E-state index in [0.717, 1.165) is 10.8 Å². The summed E-state index contributed by atoms with van der Waals surface area (Å²) in [6, 6.07) is 18.0. The number of carbonyl (C=O) groups is 1. The van der Waals surface area contributed by atoms with Crippen LogP contribution in [-0.4, -0.2) is 18.9 Å². The molecule has 1 amide bonds. The van der Waals surface area contributed by atoms with Crippen LogP contribution < -0.4 is 10.5 Å². The van der Waals surface area contributed by atoms with Crippen molar-refractivity contribution in [2.45, 2.75) is 0 Å². The molecular formula is C16H14N2O5S. The first kappa shape index (κ1) is 17.5. The summed E-state index contributed by atoms with van der Waals surface area (Å²) in [5, 5.41) is 1.75. The Labute approximate surface area is 138 Å². The van der Waals surface area contributed by atoms with E-state index in [-0.39, 0.29) is 5.56 Å². The zero-order valence-electron chi connectivity index (χ0n) is 12.4. The summed E-state index contributed by atoms with van der Waals surface area (Å²) in [7, 11) is -4.95. The number of nitrogens with one attached hydrogen (secondary N) is 2. The summed E-state index contributed by atoms with van der Waals surface area (Å²) in [5.74, 6) is -0.805.